The fourth-order valence-electron chi connectivity index (χ4n) is 4.32. The van der Waals surface area contributed by atoms with Gasteiger partial charge in [0, 0.05) is 45.3 Å². The maximum Gasteiger partial charge on any atom is 0.191 e. The first-order chi connectivity index (χ1) is 14.2. The largest absolute Gasteiger partial charge is 0.357 e. The first-order valence-corrected chi connectivity index (χ1v) is 11.5. The lowest BCUT2D eigenvalue weighted by atomic mass is 10.2. The van der Waals surface area contributed by atoms with E-state index < -0.39 is 0 Å². The highest BCUT2D eigenvalue weighted by atomic mass is 127. The quantitative estimate of drug-likeness (QED) is 0.309. The lowest BCUT2D eigenvalue weighted by Gasteiger charge is -2.24. The Balaban J connectivity index is 0.00000320. The number of nitrogens with one attached hydrogen (secondary N) is 2. The summed E-state index contributed by atoms with van der Waals surface area (Å²) in [4.78, 5) is 12.5. The number of likely N-dealkylation sites (tertiary alicyclic amines) is 1. The Kier molecular flexibility index (Phi) is 12.0. The molecule has 2 heterocycles. The predicted octanol–water partition coefficient (Wildman–Crippen LogP) is 2.46. The maximum absolute atomic E-state index is 4.93. The number of benzene rings is 1. The van der Waals surface area contributed by atoms with Gasteiger partial charge in [-0.1, -0.05) is 30.3 Å². The van der Waals surface area contributed by atoms with Gasteiger partial charge in [0.25, 0.3) is 0 Å². The minimum absolute atomic E-state index is 0. The van der Waals surface area contributed by atoms with Crippen LogP contribution in [0.5, 0.6) is 0 Å². The van der Waals surface area contributed by atoms with Gasteiger partial charge in [0.15, 0.2) is 5.96 Å². The molecule has 1 atom stereocenters. The molecule has 2 N–H and O–H groups in total. The van der Waals surface area contributed by atoms with Crippen LogP contribution in [0.1, 0.15) is 31.7 Å². The second-order valence-corrected chi connectivity index (χ2v) is 8.40. The molecule has 30 heavy (non-hydrogen) atoms. The highest BCUT2D eigenvalue weighted by Gasteiger charge is 2.24. The molecule has 0 radical (unpaired) electrons. The Hall–Kier alpha value is -0.900. The predicted molar refractivity (Wildman–Crippen MR) is 138 cm³/mol. The van der Waals surface area contributed by atoms with Crippen LogP contribution in [0.3, 0.4) is 0 Å². The molecule has 1 unspecified atom stereocenters. The van der Waals surface area contributed by atoms with Crippen LogP contribution in [-0.2, 0) is 6.54 Å². The Morgan fingerprint density at radius 1 is 1.03 bits per heavy atom. The van der Waals surface area contributed by atoms with Gasteiger partial charge in [-0.05, 0) is 58.4 Å². The van der Waals surface area contributed by atoms with Crippen LogP contribution < -0.4 is 10.6 Å². The van der Waals surface area contributed by atoms with Crippen LogP contribution in [-0.4, -0.2) is 92.7 Å². The average molecular weight is 529 g/mol. The summed E-state index contributed by atoms with van der Waals surface area (Å²) in [7, 11) is 2.22. The van der Waals surface area contributed by atoms with E-state index in [4.69, 9.17) is 4.99 Å². The van der Waals surface area contributed by atoms with Crippen molar-refractivity contribution in [3.8, 4) is 0 Å². The zero-order valence-corrected chi connectivity index (χ0v) is 21.2. The van der Waals surface area contributed by atoms with Gasteiger partial charge in [-0.3, -0.25) is 9.89 Å². The van der Waals surface area contributed by atoms with Crippen molar-refractivity contribution >= 4 is 29.9 Å². The van der Waals surface area contributed by atoms with E-state index in [9.17, 15) is 0 Å². The maximum atomic E-state index is 4.93. The molecule has 1 aromatic rings. The summed E-state index contributed by atoms with van der Waals surface area (Å²) in [5.74, 6) is 0.964. The second kappa shape index (κ2) is 14.2. The normalized spacial score (nSPS) is 21.8. The topological polar surface area (TPSA) is 46.1 Å². The van der Waals surface area contributed by atoms with Crippen LogP contribution in [0.15, 0.2) is 35.3 Å². The molecule has 0 bridgehead atoms. The van der Waals surface area contributed by atoms with Crippen molar-refractivity contribution in [1.29, 1.82) is 0 Å². The van der Waals surface area contributed by atoms with Gasteiger partial charge < -0.3 is 20.4 Å². The van der Waals surface area contributed by atoms with Crippen LogP contribution in [0.2, 0.25) is 0 Å². The minimum atomic E-state index is 0. The number of guanidine groups is 1. The van der Waals surface area contributed by atoms with E-state index in [0.717, 1.165) is 38.7 Å². The zero-order valence-electron chi connectivity index (χ0n) is 18.9. The van der Waals surface area contributed by atoms with Crippen molar-refractivity contribution in [2.75, 3.05) is 66.0 Å². The third kappa shape index (κ3) is 8.69. The first-order valence-electron chi connectivity index (χ1n) is 11.5. The van der Waals surface area contributed by atoms with Crippen molar-refractivity contribution in [2.24, 2.45) is 4.99 Å². The number of nitrogens with zero attached hydrogens (tertiary/aromatic N) is 4. The molecule has 170 valence electrons. The van der Waals surface area contributed by atoms with E-state index in [-0.39, 0.29) is 24.0 Å². The fraction of sp³-hybridized carbons (Fsp3) is 0.696. The van der Waals surface area contributed by atoms with Crippen molar-refractivity contribution in [3.63, 3.8) is 0 Å². The van der Waals surface area contributed by atoms with Gasteiger partial charge in [0.1, 0.15) is 0 Å². The summed E-state index contributed by atoms with van der Waals surface area (Å²) < 4.78 is 0. The molecule has 0 aromatic heterocycles. The summed E-state index contributed by atoms with van der Waals surface area (Å²) >= 11 is 0. The van der Waals surface area contributed by atoms with E-state index in [0.29, 0.717) is 6.04 Å². The number of likely N-dealkylation sites (N-methyl/N-ethyl adjacent to an activating group) is 1. The monoisotopic (exact) mass is 528 g/mol. The molecule has 2 saturated heterocycles. The van der Waals surface area contributed by atoms with Crippen molar-refractivity contribution in [1.82, 2.24) is 25.3 Å². The van der Waals surface area contributed by atoms with Gasteiger partial charge in [-0.2, -0.15) is 0 Å². The average Bonchev–Trinajstić information content (AvgIpc) is 3.06. The molecule has 2 fully saturated rings. The van der Waals surface area contributed by atoms with Gasteiger partial charge >= 0.3 is 0 Å². The lowest BCUT2D eigenvalue weighted by molar-refractivity contribution is 0.250. The second-order valence-electron chi connectivity index (χ2n) is 8.40. The van der Waals surface area contributed by atoms with E-state index in [1.807, 2.05) is 0 Å². The number of hydrogen-bond donors (Lipinski definition) is 2. The van der Waals surface area contributed by atoms with Crippen LogP contribution in [0.4, 0.5) is 0 Å². The van der Waals surface area contributed by atoms with Gasteiger partial charge in [-0.25, -0.2) is 0 Å². The number of aliphatic imine (C=N–C) groups is 1. The fourth-order valence-corrected chi connectivity index (χ4v) is 4.32. The van der Waals surface area contributed by atoms with Crippen LogP contribution in [0.25, 0.3) is 0 Å². The minimum Gasteiger partial charge on any atom is -0.357 e. The van der Waals surface area contributed by atoms with Gasteiger partial charge in [0.05, 0.1) is 6.54 Å². The molecular formula is C23H41IN6. The molecular weight excluding hydrogens is 487 g/mol. The van der Waals surface area contributed by atoms with E-state index in [2.05, 4.69) is 69.6 Å². The first kappa shape index (κ1) is 25.4. The third-order valence-corrected chi connectivity index (χ3v) is 6.06. The van der Waals surface area contributed by atoms with Crippen LogP contribution >= 0.6 is 24.0 Å². The molecule has 0 spiro atoms. The zero-order chi connectivity index (χ0) is 20.3. The van der Waals surface area contributed by atoms with E-state index in [1.165, 1.54) is 57.5 Å². The molecule has 6 nitrogen and oxygen atoms in total. The Morgan fingerprint density at radius 2 is 1.87 bits per heavy atom. The van der Waals surface area contributed by atoms with Crippen LogP contribution in [0, 0.1) is 0 Å². The molecule has 2 aliphatic rings. The van der Waals surface area contributed by atoms with Gasteiger partial charge in [0.2, 0.25) is 0 Å². The summed E-state index contributed by atoms with van der Waals surface area (Å²) in [6, 6.07) is 11.4. The van der Waals surface area contributed by atoms with Crippen molar-refractivity contribution in [2.45, 2.75) is 38.8 Å². The number of rotatable bonds is 8. The Bertz CT molecular complexity index is 611. The summed E-state index contributed by atoms with van der Waals surface area (Å²) in [6.07, 6.45) is 3.79. The molecule has 0 amide bonds. The highest BCUT2D eigenvalue weighted by Crippen LogP contribution is 2.20. The molecule has 1 aromatic carbocycles. The molecule has 0 saturated carbocycles. The van der Waals surface area contributed by atoms with Gasteiger partial charge in [-0.15, -0.1) is 24.0 Å². The molecule has 2 aliphatic heterocycles. The summed E-state index contributed by atoms with van der Waals surface area (Å²) in [6.45, 7) is 12.9. The standard InChI is InChI=1S/C23H40N6.HI/c1-3-24-23(25-12-16-28-14-8-13-27(2)17-18-28)26-19-22-11-7-15-29(22)20-21-9-5-4-6-10-21;/h4-6,9-10,22H,3,7-8,11-20H2,1-2H3,(H2,24,25,26);1H. The Morgan fingerprint density at radius 3 is 2.67 bits per heavy atom. The molecule has 7 heteroatoms. The number of hydrogen-bond acceptors (Lipinski definition) is 4. The number of halogens is 1. The SMILES string of the molecule is CCNC(=NCC1CCCN1Cc1ccccc1)NCCN1CCCN(C)CC1.I. The lowest BCUT2D eigenvalue weighted by Crippen LogP contribution is -2.43. The highest BCUT2D eigenvalue weighted by molar-refractivity contribution is 14.0. The molecule has 3 rings (SSSR count). The van der Waals surface area contributed by atoms with E-state index in [1.54, 1.807) is 0 Å². The van der Waals surface area contributed by atoms with E-state index >= 15 is 0 Å². The van der Waals surface area contributed by atoms with Crippen molar-refractivity contribution in [3.05, 3.63) is 35.9 Å². The summed E-state index contributed by atoms with van der Waals surface area (Å²) in [5, 5.41) is 6.98. The van der Waals surface area contributed by atoms with Crippen molar-refractivity contribution < 1.29 is 0 Å². The Labute approximate surface area is 200 Å². The molecule has 0 aliphatic carbocycles. The summed E-state index contributed by atoms with van der Waals surface area (Å²) in [5.41, 5.74) is 1.40. The third-order valence-electron chi connectivity index (χ3n) is 6.06. The smallest absolute Gasteiger partial charge is 0.191 e.